The van der Waals surface area contributed by atoms with E-state index in [4.69, 9.17) is 5.73 Å². The standard InChI is InChI=1S/C15H23N3OS2/c1-15(2)5-6-18(7-8-20-15)12-9-11(16)13(21-12)14(19)17-10-3-4-10/h9-10H,3-8,16H2,1-2H3,(H,17,19). The lowest BCUT2D eigenvalue weighted by Crippen LogP contribution is -2.26. The van der Waals surface area contributed by atoms with Gasteiger partial charge in [0.15, 0.2) is 0 Å². The molecule has 3 rings (SSSR count). The Morgan fingerprint density at radius 2 is 2.19 bits per heavy atom. The minimum absolute atomic E-state index is 0.00391. The largest absolute Gasteiger partial charge is 0.397 e. The van der Waals surface area contributed by atoms with E-state index in [2.05, 4.69) is 24.1 Å². The number of hydrogen-bond donors (Lipinski definition) is 2. The first-order chi connectivity index (χ1) is 9.94. The number of thiophene rings is 1. The minimum Gasteiger partial charge on any atom is -0.397 e. The summed E-state index contributed by atoms with van der Waals surface area (Å²) >= 11 is 3.56. The van der Waals surface area contributed by atoms with Crippen LogP contribution in [0.15, 0.2) is 6.07 Å². The van der Waals surface area contributed by atoms with Crippen LogP contribution in [-0.4, -0.2) is 35.5 Å². The molecule has 2 heterocycles. The maximum absolute atomic E-state index is 12.2. The van der Waals surface area contributed by atoms with Gasteiger partial charge in [0, 0.05) is 29.6 Å². The van der Waals surface area contributed by atoms with Crippen molar-refractivity contribution in [2.24, 2.45) is 0 Å². The van der Waals surface area contributed by atoms with E-state index in [1.807, 2.05) is 17.8 Å². The second-order valence-corrected chi connectivity index (χ2v) is 9.29. The average Bonchev–Trinajstić information content (AvgIpc) is 3.16. The summed E-state index contributed by atoms with van der Waals surface area (Å²) in [6.45, 7) is 6.66. The summed E-state index contributed by atoms with van der Waals surface area (Å²) in [5, 5.41) is 4.15. The molecule has 0 radical (unpaired) electrons. The van der Waals surface area contributed by atoms with Crippen LogP contribution in [0.25, 0.3) is 0 Å². The second-order valence-electron chi connectivity index (χ2n) is 6.46. The Hall–Kier alpha value is -0.880. The Bertz CT molecular complexity index is 537. The number of thioether (sulfide) groups is 1. The molecule has 1 saturated heterocycles. The highest BCUT2D eigenvalue weighted by Crippen LogP contribution is 2.37. The molecule has 2 aliphatic rings. The predicted molar refractivity (Wildman–Crippen MR) is 92.6 cm³/mol. The Morgan fingerprint density at radius 1 is 1.43 bits per heavy atom. The number of nitrogens with two attached hydrogens (primary N) is 1. The van der Waals surface area contributed by atoms with Crippen molar-refractivity contribution in [3.05, 3.63) is 10.9 Å². The van der Waals surface area contributed by atoms with Crippen LogP contribution < -0.4 is 16.0 Å². The zero-order chi connectivity index (χ0) is 15.0. The van der Waals surface area contributed by atoms with E-state index in [-0.39, 0.29) is 5.91 Å². The minimum atomic E-state index is -0.00391. The number of hydrogen-bond acceptors (Lipinski definition) is 5. The second kappa shape index (κ2) is 5.72. The fourth-order valence-corrected chi connectivity index (χ4v) is 4.58. The van der Waals surface area contributed by atoms with Gasteiger partial charge in [0.25, 0.3) is 5.91 Å². The Kier molecular flexibility index (Phi) is 4.10. The van der Waals surface area contributed by atoms with Crippen LogP contribution in [0.2, 0.25) is 0 Å². The van der Waals surface area contributed by atoms with Crippen LogP contribution in [0.3, 0.4) is 0 Å². The maximum atomic E-state index is 12.2. The molecule has 1 amide bonds. The lowest BCUT2D eigenvalue weighted by molar-refractivity contribution is 0.0956. The number of carbonyl (C=O) groups excluding carboxylic acids is 1. The highest BCUT2D eigenvalue weighted by molar-refractivity contribution is 8.00. The lowest BCUT2D eigenvalue weighted by atomic mass is 10.1. The fraction of sp³-hybridized carbons (Fsp3) is 0.667. The summed E-state index contributed by atoms with van der Waals surface area (Å²) < 4.78 is 0.337. The van der Waals surface area contributed by atoms with Crippen LogP contribution >= 0.6 is 23.1 Å². The van der Waals surface area contributed by atoms with E-state index < -0.39 is 0 Å². The first kappa shape index (κ1) is 15.0. The van der Waals surface area contributed by atoms with Gasteiger partial charge in [-0.3, -0.25) is 4.79 Å². The van der Waals surface area contributed by atoms with Crippen molar-refractivity contribution in [2.75, 3.05) is 29.5 Å². The maximum Gasteiger partial charge on any atom is 0.263 e. The molecule has 4 nitrogen and oxygen atoms in total. The Labute approximate surface area is 134 Å². The summed E-state index contributed by atoms with van der Waals surface area (Å²) in [5.74, 6) is 1.12. The van der Waals surface area contributed by atoms with Gasteiger partial charge in [0.05, 0.1) is 10.7 Å². The van der Waals surface area contributed by atoms with Gasteiger partial charge < -0.3 is 16.0 Å². The summed E-state index contributed by atoms with van der Waals surface area (Å²) in [6.07, 6.45) is 3.35. The van der Waals surface area contributed by atoms with E-state index in [0.717, 1.165) is 43.1 Å². The fourth-order valence-electron chi connectivity index (χ4n) is 2.44. The summed E-state index contributed by atoms with van der Waals surface area (Å²) in [5.41, 5.74) is 6.67. The molecule has 1 aliphatic carbocycles. The number of carbonyl (C=O) groups is 1. The molecule has 0 atom stereocenters. The van der Waals surface area contributed by atoms with Gasteiger partial charge in [-0.2, -0.15) is 11.8 Å². The van der Waals surface area contributed by atoms with Gasteiger partial charge >= 0.3 is 0 Å². The molecule has 116 valence electrons. The van der Waals surface area contributed by atoms with Crippen LogP contribution in [0.1, 0.15) is 42.8 Å². The first-order valence-electron chi connectivity index (χ1n) is 7.54. The van der Waals surface area contributed by atoms with Gasteiger partial charge in [-0.1, -0.05) is 13.8 Å². The molecule has 3 N–H and O–H groups in total. The normalized spacial score (nSPS) is 21.9. The van der Waals surface area contributed by atoms with Crippen LogP contribution in [0, 0.1) is 0 Å². The van der Waals surface area contributed by atoms with Gasteiger partial charge in [-0.25, -0.2) is 0 Å². The third-order valence-electron chi connectivity index (χ3n) is 4.02. The van der Waals surface area contributed by atoms with Gasteiger partial charge in [-0.05, 0) is 25.3 Å². The van der Waals surface area contributed by atoms with E-state index in [1.54, 1.807) is 0 Å². The quantitative estimate of drug-likeness (QED) is 0.897. The number of anilines is 2. The van der Waals surface area contributed by atoms with Crippen LogP contribution in [0.5, 0.6) is 0 Å². The molecule has 6 heteroatoms. The van der Waals surface area contributed by atoms with Crippen molar-refractivity contribution in [1.29, 1.82) is 0 Å². The molecule has 1 saturated carbocycles. The first-order valence-corrected chi connectivity index (χ1v) is 9.34. The molecule has 1 aliphatic heterocycles. The number of amides is 1. The Morgan fingerprint density at radius 3 is 2.90 bits per heavy atom. The number of nitrogen functional groups attached to an aromatic ring is 1. The third kappa shape index (κ3) is 3.66. The zero-order valence-electron chi connectivity index (χ0n) is 12.6. The molecular weight excluding hydrogens is 302 g/mol. The number of rotatable bonds is 3. The predicted octanol–water partition coefficient (Wildman–Crippen LogP) is 2.94. The van der Waals surface area contributed by atoms with E-state index >= 15 is 0 Å². The van der Waals surface area contributed by atoms with Crippen molar-refractivity contribution >= 4 is 39.7 Å². The molecule has 2 fully saturated rings. The van der Waals surface area contributed by atoms with Crippen molar-refractivity contribution in [3.8, 4) is 0 Å². The molecule has 0 bridgehead atoms. The molecule has 1 aromatic rings. The van der Waals surface area contributed by atoms with Crippen LogP contribution in [0.4, 0.5) is 10.7 Å². The number of nitrogens with one attached hydrogen (secondary N) is 1. The van der Waals surface area contributed by atoms with Gasteiger partial charge in [-0.15, -0.1) is 11.3 Å². The molecule has 0 unspecified atom stereocenters. The third-order valence-corrected chi connectivity index (χ3v) is 6.60. The number of nitrogens with zero attached hydrogens (tertiary/aromatic N) is 1. The smallest absolute Gasteiger partial charge is 0.263 e. The van der Waals surface area contributed by atoms with Crippen molar-refractivity contribution in [1.82, 2.24) is 5.32 Å². The molecule has 0 spiro atoms. The highest BCUT2D eigenvalue weighted by atomic mass is 32.2. The summed E-state index contributed by atoms with van der Waals surface area (Å²) in [7, 11) is 0. The molecular formula is C15H23N3OS2. The summed E-state index contributed by atoms with van der Waals surface area (Å²) in [6, 6.07) is 2.34. The SMILES string of the molecule is CC1(C)CCN(c2cc(N)c(C(=O)NC3CC3)s2)CCS1. The molecule has 21 heavy (non-hydrogen) atoms. The van der Waals surface area contributed by atoms with Crippen molar-refractivity contribution in [3.63, 3.8) is 0 Å². The lowest BCUT2D eigenvalue weighted by Gasteiger charge is -2.22. The Balaban J connectivity index is 1.72. The summed E-state index contributed by atoms with van der Waals surface area (Å²) in [4.78, 5) is 15.2. The molecule has 0 aromatic carbocycles. The van der Waals surface area contributed by atoms with Gasteiger partial charge in [0.1, 0.15) is 4.88 Å². The van der Waals surface area contributed by atoms with Crippen molar-refractivity contribution in [2.45, 2.75) is 43.9 Å². The van der Waals surface area contributed by atoms with E-state index in [9.17, 15) is 4.79 Å². The van der Waals surface area contributed by atoms with Crippen molar-refractivity contribution < 1.29 is 4.79 Å². The zero-order valence-corrected chi connectivity index (χ0v) is 14.3. The highest BCUT2D eigenvalue weighted by Gasteiger charge is 2.28. The molecule has 1 aromatic heterocycles. The monoisotopic (exact) mass is 325 g/mol. The average molecular weight is 326 g/mol. The van der Waals surface area contributed by atoms with Crippen LogP contribution in [-0.2, 0) is 0 Å². The van der Waals surface area contributed by atoms with E-state index in [1.165, 1.54) is 11.3 Å². The van der Waals surface area contributed by atoms with Gasteiger partial charge in [0.2, 0.25) is 0 Å². The topological polar surface area (TPSA) is 58.4 Å². The van der Waals surface area contributed by atoms with E-state index in [0.29, 0.717) is 21.4 Å².